The molecule has 0 aliphatic carbocycles. The summed E-state index contributed by atoms with van der Waals surface area (Å²) in [5.41, 5.74) is 5.38. The van der Waals surface area contributed by atoms with Crippen molar-refractivity contribution >= 4 is 24.8 Å². The Morgan fingerprint density at radius 3 is 2.96 bits per heavy atom. The fraction of sp³-hybridized carbons (Fsp3) is 0.500. The Morgan fingerprint density at radius 1 is 1.57 bits per heavy atom. The van der Waals surface area contributed by atoms with Gasteiger partial charge in [-0.15, -0.1) is 0 Å². The maximum atomic E-state index is 11.5. The summed E-state index contributed by atoms with van der Waals surface area (Å²) in [4.78, 5) is 39.5. The third-order valence-corrected chi connectivity index (χ3v) is 3.83. The number of methoxy groups -OCH3 is 1. The quantitative estimate of drug-likeness (QED) is 0.477. The van der Waals surface area contributed by atoms with Gasteiger partial charge in [-0.1, -0.05) is 0 Å². The minimum absolute atomic E-state index is 0.0669. The maximum absolute atomic E-state index is 11.5. The first-order chi connectivity index (χ1) is 10.8. The first kappa shape index (κ1) is 16.1. The number of fused-ring (bicyclic) bond motifs is 1. The van der Waals surface area contributed by atoms with Crippen molar-refractivity contribution < 1.29 is 28.3 Å². The minimum Gasteiger partial charge on any atom is -0.382 e. The van der Waals surface area contributed by atoms with Crippen LogP contribution in [0.5, 0.6) is 0 Å². The predicted molar refractivity (Wildman–Crippen MR) is 75.3 cm³/mol. The number of hydrogen-bond acceptors (Lipinski definition) is 8. The molecule has 23 heavy (non-hydrogen) atoms. The molecule has 0 aromatic carbocycles. The molecule has 1 fully saturated rings. The Bertz CT molecular complexity index is 829. The smallest absolute Gasteiger partial charge is 0.382 e. The number of phosphoric acid groups is 1. The van der Waals surface area contributed by atoms with E-state index in [0.29, 0.717) is 0 Å². The van der Waals surface area contributed by atoms with Crippen LogP contribution in [0.1, 0.15) is 6.23 Å². The van der Waals surface area contributed by atoms with Gasteiger partial charge in [0.25, 0.3) is 0 Å². The van der Waals surface area contributed by atoms with E-state index in [9.17, 15) is 9.36 Å². The molecule has 0 radical (unpaired) electrons. The highest BCUT2D eigenvalue weighted by atomic mass is 31.2. The van der Waals surface area contributed by atoms with E-state index in [1.54, 1.807) is 0 Å². The van der Waals surface area contributed by atoms with Crippen molar-refractivity contribution in [3.05, 3.63) is 16.8 Å². The van der Waals surface area contributed by atoms with Crippen LogP contribution in [0.25, 0.3) is 11.2 Å². The molecule has 3 heterocycles. The fourth-order valence-corrected chi connectivity index (χ4v) is 2.94. The van der Waals surface area contributed by atoms with Gasteiger partial charge in [-0.05, 0) is 0 Å². The Hall–Kier alpha value is -1.82. The molecule has 2 aromatic rings. The highest BCUT2D eigenvalue weighted by Crippen LogP contribution is 2.46. The summed E-state index contributed by atoms with van der Waals surface area (Å²) < 4.78 is 27.7. The summed E-state index contributed by atoms with van der Waals surface area (Å²) in [6, 6.07) is 0. The van der Waals surface area contributed by atoms with E-state index < -0.39 is 31.9 Å². The lowest BCUT2D eigenvalue weighted by Crippen LogP contribution is -2.53. The Balaban J connectivity index is 1.97. The highest BCUT2D eigenvalue weighted by molar-refractivity contribution is 7.46. The van der Waals surface area contributed by atoms with Crippen LogP contribution < -0.4 is 11.4 Å². The van der Waals surface area contributed by atoms with E-state index in [4.69, 9.17) is 29.5 Å². The number of aromatic nitrogens is 4. The van der Waals surface area contributed by atoms with Crippen molar-refractivity contribution in [2.45, 2.75) is 18.4 Å². The van der Waals surface area contributed by atoms with E-state index >= 15 is 0 Å². The zero-order valence-electron chi connectivity index (χ0n) is 11.8. The van der Waals surface area contributed by atoms with Crippen molar-refractivity contribution in [3.8, 4) is 0 Å². The molecule has 0 saturated carbocycles. The minimum atomic E-state index is -4.75. The van der Waals surface area contributed by atoms with Gasteiger partial charge >= 0.3 is 13.5 Å². The van der Waals surface area contributed by atoms with Gasteiger partial charge in [0.05, 0.1) is 12.9 Å². The van der Waals surface area contributed by atoms with Crippen LogP contribution >= 0.6 is 7.82 Å². The van der Waals surface area contributed by atoms with Gasteiger partial charge in [0.15, 0.2) is 12.0 Å². The number of hydrogen-bond donors (Lipinski definition) is 4. The van der Waals surface area contributed by atoms with Crippen LogP contribution in [-0.4, -0.2) is 55.2 Å². The van der Waals surface area contributed by atoms with Crippen molar-refractivity contribution in [2.24, 2.45) is 0 Å². The molecule has 3 rings (SSSR count). The number of nitrogen functional groups attached to an aromatic ring is 1. The summed E-state index contributed by atoms with van der Waals surface area (Å²) in [6.45, 7) is 0.0774. The molecule has 3 unspecified atom stereocenters. The Kier molecular flexibility index (Phi) is 3.96. The lowest BCUT2D eigenvalue weighted by Gasteiger charge is -2.43. The Morgan fingerprint density at radius 2 is 2.30 bits per heavy atom. The molecule has 1 aliphatic rings. The monoisotopic (exact) mass is 347 g/mol. The molecular weight excluding hydrogens is 333 g/mol. The van der Waals surface area contributed by atoms with Crippen LogP contribution in [0.3, 0.4) is 0 Å². The van der Waals surface area contributed by atoms with E-state index in [0.717, 1.165) is 0 Å². The third-order valence-electron chi connectivity index (χ3n) is 3.31. The molecule has 1 saturated heterocycles. The number of imidazole rings is 1. The fourth-order valence-electron chi connectivity index (χ4n) is 2.39. The van der Waals surface area contributed by atoms with Crippen molar-refractivity contribution in [3.63, 3.8) is 0 Å². The number of aromatic amines is 1. The molecule has 5 N–H and O–H groups in total. The number of rotatable bonds is 5. The van der Waals surface area contributed by atoms with Crippen LogP contribution in [0.15, 0.2) is 11.1 Å². The average Bonchev–Trinajstić information content (AvgIpc) is 2.83. The number of H-pyrrole nitrogens is 1. The summed E-state index contributed by atoms with van der Waals surface area (Å²) in [5.74, 6) is -0.0669. The van der Waals surface area contributed by atoms with Crippen LogP contribution in [0, 0.1) is 0 Å². The van der Waals surface area contributed by atoms with Crippen molar-refractivity contribution in [1.82, 2.24) is 19.5 Å². The van der Waals surface area contributed by atoms with E-state index in [1.165, 1.54) is 18.0 Å². The first-order valence-electron chi connectivity index (χ1n) is 6.41. The topological polar surface area (TPSA) is 175 Å². The number of anilines is 1. The molecule has 3 atom stereocenters. The normalized spacial score (nSPS) is 24.7. The molecule has 13 heteroatoms. The molecule has 0 amide bonds. The first-order valence-corrected chi connectivity index (χ1v) is 7.94. The SMILES string of the molecule is COCC1OC(n2cnc3c(N)nc(=O)[nH]c32)C1OP(=O)(O)O. The number of nitrogens with two attached hydrogens (primary N) is 1. The van der Waals surface area contributed by atoms with Gasteiger partial charge in [-0.3, -0.25) is 14.1 Å². The van der Waals surface area contributed by atoms with Gasteiger partial charge in [0.2, 0.25) is 0 Å². The standard InChI is InChI=1S/C10H14N5O7P/c1-20-2-4-6(22-23(17,18)19)9(21-4)15-3-12-5-7(11)13-10(16)14-8(5)15/h3-4,6,9H,2H2,1H3,(H2,17,18,19)(H3,11,13,14,16). The molecule has 0 spiro atoms. The summed E-state index contributed by atoms with van der Waals surface area (Å²) in [7, 11) is -3.33. The average molecular weight is 347 g/mol. The van der Waals surface area contributed by atoms with Crippen molar-refractivity contribution in [2.75, 3.05) is 19.5 Å². The summed E-state index contributed by atoms with van der Waals surface area (Å²) >= 11 is 0. The van der Waals surface area contributed by atoms with E-state index in [-0.39, 0.29) is 23.6 Å². The third kappa shape index (κ3) is 3.00. The number of nitrogens with one attached hydrogen (secondary N) is 1. The lowest BCUT2D eigenvalue weighted by atomic mass is 10.1. The molecule has 1 aliphatic heterocycles. The summed E-state index contributed by atoms with van der Waals surface area (Å²) in [6.07, 6.45) is -1.28. The van der Waals surface area contributed by atoms with E-state index in [1.807, 2.05) is 0 Å². The molecule has 0 bridgehead atoms. The van der Waals surface area contributed by atoms with Gasteiger partial charge in [0.1, 0.15) is 23.4 Å². The Labute approximate surface area is 128 Å². The number of ether oxygens (including phenoxy) is 2. The van der Waals surface area contributed by atoms with Crippen LogP contribution in [0.2, 0.25) is 0 Å². The zero-order chi connectivity index (χ0) is 16.8. The van der Waals surface area contributed by atoms with Gasteiger partial charge in [-0.2, -0.15) is 4.98 Å². The van der Waals surface area contributed by atoms with Crippen LogP contribution in [0.4, 0.5) is 5.82 Å². The number of nitrogens with zero attached hydrogens (tertiary/aromatic N) is 3. The largest absolute Gasteiger partial charge is 0.470 e. The van der Waals surface area contributed by atoms with Gasteiger partial charge in [0, 0.05) is 7.11 Å². The highest BCUT2D eigenvalue weighted by Gasteiger charge is 2.48. The number of phosphoric ester groups is 1. The second-order valence-electron chi connectivity index (χ2n) is 4.86. The zero-order valence-corrected chi connectivity index (χ0v) is 12.7. The maximum Gasteiger partial charge on any atom is 0.470 e. The van der Waals surface area contributed by atoms with Gasteiger partial charge < -0.3 is 25.0 Å². The molecular formula is C10H14N5O7P. The second kappa shape index (κ2) is 5.67. The molecule has 2 aromatic heterocycles. The molecule has 12 nitrogen and oxygen atoms in total. The van der Waals surface area contributed by atoms with Crippen molar-refractivity contribution in [1.29, 1.82) is 0 Å². The summed E-state index contributed by atoms with van der Waals surface area (Å²) in [5, 5.41) is 0. The second-order valence-corrected chi connectivity index (χ2v) is 6.05. The van der Waals surface area contributed by atoms with Crippen LogP contribution in [-0.2, 0) is 18.6 Å². The lowest BCUT2D eigenvalue weighted by molar-refractivity contribution is -0.260. The van der Waals surface area contributed by atoms with Gasteiger partial charge in [-0.25, -0.2) is 14.3 Å². The predicted octanol–water partition coefficient (Wildman–Crippen LogP) is -1.28. The molecule has 126 valence electrons. The van der Waals surface area contributed by atoms with E-state index in [2.05, 4.69) is 15.0 Å².